The number of benzene rings is 1. The van der Waals surface area contributed by atoms with Gasteiger partial charge in [-0.25, -0.2) is 4.79 Å². The molecule has 4 heteroatoms. The SMILES string of the molecule is CCOC(=O)C(=CC(=O)c1ccccc1)OCC. The zero-order valence-corrected chi connectivity index (χ0v) is 10.5. The number of carbonyl (C=O) groups is 2. The smallest absolute Gasteiger partial charge is 0.373 e. The lowest BCUT2D eigenvalue weighted by molar-refractivity contribution is -0.142. The van der Waals surface area contributed by atoms with Crippen LogP contribution in [0.4, 0.5) is 0 Å². The van der Waals surface area contributed by atoms with Crippen LogP contribution in [-0.4, -0.2) is 25.0 Å². The molecule has 0 heterocycles. The first kappa shape index (κ1) is 14.0. The van der Waals surface area contributed by atoms with Crippen molar-refractivity contribution in [3.63, 3.8) is 0 Å². The Morgan fingerprint density at radius 2 is 1.67 bits per heavy atom. The molecule has 0 amide bonds. The lowest BCUT2D eigenvalue weighted by Gasteiger charge is -2.07. The molecular formula is C14H16O4. The van der Waals surface area contributed by atoms with E-state index in [9.17, 15) is 9.59 Å². The number of rotatable bonds is 6. The zero-order valence-electron chi connectivity index (χ0n) is 10.5. The van der Waals surface area contributed by atoms with E-state index in [0.717, 1.165) is 6.08 Å². The molecule has 0 aliphatic carbocycles. The molecule has 0 fully saturated rings. The molecule has 96 valence electrons. The molecule has 1 aromatic rings. The third kappa shape index (κ3) is 4.05. The van der Waals surface area contributed by atoms with E-state index >= 15 is 0 Å². The number of esters is 1. The fourth-order valence-corrected chi connectivity index (χ4v) is 1.32. The Balaban J connectivity index is 2.88. The van der Waals surface area contributed by atoms with Crippen LogP contribution in [0.1, 0.15) is 24.2 Å². The number of allylic oxidation sites excluding steroid dienone is 1. The second kappa shape index (κ2) is 7.27. The predicted molar refractivity (Wildman–Crippen MR) is 67.1 cm³/mol. The molecule has 0 radical (unpaired) electrons. The Kier molecular flexibility index (Phi) is 5.64. The monoisotopic (exact) mass is 248 g/mol. The van der Waals surface area contributed by atoms with Crippen LogP contribution < -0.4 is 0 Å². The summed E-state index contributed by atoms with van der Waals surface area (Å²) >= 11 is 0. The fraction of sp³-hybridized carbons (Fsp3) is 0.286. The molecule has 0 saturated heterocycles. The van der Waals surface area contributed by atoms with Crippen LogP contribution in [0.3, 0.4) is 0 Å². The maximum Gasteiger partial charge on any atom is 0.373 e. The average molecular weight is 248 g/mol. The Labute approximate surface area is 106 Å². The van der Waals surface area contributed by atoms with Crippen molar-refractivity contribution < 1.29 is 19.1 Å². The van der Waals surface area contributed by atoms with E-state index in [1.807, 2.05) is 6.07 Å². The first-order valence-electron chi connectivity index (χ1n) is 5.80. The van der Waals surface area contributed by atoms with Gasteiger partial charge in [-0.2, -0.15) is 0 Å². The van der Waals surface area contributed by atoms with Gasteiger partial charge in [0.2, 0.25) is 5.76 Å². The summed E-state index contributed by atoms with van der Waals surface area (Å²) < 4.78 is 9.92. The Morgan fingerprint density at radius 1 is 1.06 bits per heavy atom. The Hall–Kier alpha value is -2.10. The first-order valence-corrected chi connectivity index (χ1v) is 5.80. The van der Waals surface area contributed by atoms with Crippen LogP contribution in [0, 0.1) is 0 Å². The molecule has 0 unspecified atom stereocenters. The minimum Gasteiger partial charge on any atom is -0.487 e. The summed E-state index contributed by atoms with van der Waals surface area (Å²) in [6.45, 7) is 3.97. The second-order valence-electron chi connectivity index (χ2n) is 3.39. The number of hydrogen-bond donors (Lipinski definition) is 0. The average Bonchev–Trinajstić information content (AvgIpc) is 2.39. The molecule has 1 rings (SSSR count). The molecule has 0 aromatic heterocycles. The molecule has 18 heavy (non-hydrogen) atoms. The highest BCUT2D eigenvalue weighted by molar-refractivity contribution is 6.08. The number of hydrogen-bond acceptors (Lipinski definition) is 4. The Bertz CT molecular complexity index is 434. The molecule has 0 spiro atoms. The molecule has 0 saturated carbocycles. The maximum atomic E-state index is 11.9. The molecule has 0 atom stereocenters. The van der Waals surface area contributed by atoms with E-state index in [1.165, 1.54) is 0 Å². The predicted octanol–water partition coefficient (Wildman–Crippen LogP) is 2.35. The zero-order chi connectivity index (χ0) is 13.4. The van der Waals surface area contributed by atoms with Gasteiger partial charge in [-0.05, 0) is 13.8 Å². The van der Waals surface area contributed by atoms with Crippen LogP contribution in [0.25, 0.3) is 0 Å². The van der Waals surface area contributed by atoms with Gasteiger partial charge in [0, 0.05) is 11.6 Å². The number of ether oxygens (including phenoxy) is 2. The lowest BCUT2D eigenvalue weighted by Crippen LogP contribution is -2.12. The van der Waals surface area contributed by atoms with E-state index in [-0.39, 0.29) is 18.1 Å². The van der Waals surface area contributed by atoms with Crippen molar-refractivity contribution in [1.82, 2.24) is 0 Å². The lowest BCUT2D eigenvalue weighted by atomic mass is 10.1. The van der Waals surface area contributed by atoms with E-state index in [4.69, 9.17) is 9.47 Å². The van der Waals surface area contributed by atoms with Gasteiger partial charge in [0.15, 0.2) is 5.78 Å². The van der Waals surface area contributed by atoms with Crippen molar-refractivity contribution in [2.24, 2.45) is 0 Å². The maximum absolute atomic E-state index is 11.9. The standard InChI is InChI=1S/C14H16O4/c1-3-17-13(14(16)18-4-2)10-12(15)11-8-6-5-7-9-11/h5-10H,3-4H2,1-2H3. The summed E-state index contributed by atoms with van der Waals surface area (Å²) in [5.74, 6) is -0.969. The van der Waals surface area contributed by atoms with Crippen molar-refractivity contribution >= 4 is 11.8 Å². The van der Waals surface area contributed by atoms with E-state index in [2.05, 4.69) is 0 Å². The van der Waals surface area contributed by atoms with E-state index < -0.39 is 5.97 Å². The van der Waals surface area contributed by atoms with Gasteiger partial charge in [0.1, 0.15) is 0 Å². The summed E-state index contributed by atoms with van der Waals surface area (Å²) in [5.41, 5.74) is 0.499. The quantitative estimate of drug-likeness (QED) is 0.335. The van der Waals surface area contributed by atoms with Gasteiger partial charge >= 0.3 is 5.97 Å². The van der Waals surface area contributed by atoms with Gasteiger partial charge in [-0.1, -0.05) is 30.3 Å². The number of carbonyl (C=O) groups excluding carboxylic acids is 2. The third-order valence-electron chi connectivity index (χ3n) is 2.10. The molecule has 1 aromatic carbocycles. The van der Waals surface area contributed by atoms with Crippen molar-refractivity contribution in [3.8, 4) is 0 Å². The Morgan fingerprint density at radius 3 is 2.22 bits per heavy atom. The van der Waals surface area contributed by atoms with Crippen molar-refractivity contribution in [3.05, 3.63) is 47.7 Å². The molecule has 0 aliphatic rings. The number of ketones is 1. The molecule has 0 bridgehead atoms. The van der Waals surface area contributed by atoms with Crippen LogP contribution in [0.15, 0.2) is 42.2 Å². The van der Waals surface area contributed by atoms with Gasteiger partial charge < -0.3 is 9.47 Å². The highest BCUT2D eigenvalue weighted by atomic mass is 16.6. The second-order valence-corrected chi connectivity index (χ2v) is 3.39. The van der Waals surface area contributed by atoms with Crippen LogP contribution in [0.2, 0.25) is 0 Å². The summed E-state index contributed by atoms with van der Waals surface area (Å²) in [7, 11) is 0. The minimum absolute atomic E-state index is 0.0618. The third-order valence-corrected chi connectivity index (χ3v) is 2.10. The van der Waals surface area contributed by atoms with Gasteiger partial charge in [-0.3, -0.25) is 4.79 Å². The topological polar surface area (TPSA) is 52.6 Å². The van der Waals surface area contributed by atoms with Gasteiger partial charge in [0.25, 0.3) is 0 Å². The fourth-order valence-electron chi connectivity index (χ4n) is 1.32. The highest BCUT2D eigenvalue weighted by Crippen LogP contribution is 2.06. The minimum atomic E-state index is -0.622. The summed E-state index contributed by atoms with van der Waals surface area (Å²) in [4.78, 5) is 23.4. The highest BCUT2D eigenvalue weighted by Gasteiger charge is 2.14. The van der Waals surface area contributed by atoms with E-state index in [0.29, 0.717) is 12.2 Å². The van der Waals surface area contributed by atoms with Gasteiger partial charge in [0.05, 0.1) is 13.2 Å². The first-order chi connectivity index (χ1) is 8.69. The molecular weight excluding hydrogens is 232 g/mol. The molecule has 4 nitrogen and oxygen atoms in total. The summed E-state index contributed by atoms with van der Waals surface area (Å²) in [6, 6.07) is 8.67. The van der Waals surface area contributed by atoms with E-state index in [1.54, 1.807) is 38.1 Å². The van der Waals surface area contributed by atoms with Crippen LogP contribution in [-0.2, 0) is 14.3 Å². The van der Waals surface area contributed by atoms with Crippen LogP contribution >= 0.6 is 0 Å². The van der Waals surface area contributed by atoms with Crippen molar-refractivity contribution in [2.75, 3.05) is 13.2 Å². The largest absolute Gasteiger partial charge is 0.487 e. The van der Waals surface area contributed by atoms with Crippen molar-refractivity contribution in [2.45, 2.75) is 13.8 Å². The molecule has 0 aliphatic heterocycles. The summed E-state index contributed by atoms with van der Waals surface area (Å²) in [6.07, 6.45) is 1.16. The van der Waals surface area contributed by atoms with Crippen molar-refractivity contribution in [1.29, 1.82) is 0 Å². The normalized spacial score (nSPS) is 10.9. The van der Waals surface area contributed by atoms with Crippen LogP contribution in [0.5, 0.6) is 0 Å². The summed E-state index contributed by atoms with van der Waals surface area (Å²) in [5, 5.41) is 0. The molecule has 0 N–H and O–H groups in total. The van der Waals surface area contributed by atoms with Gasteiger partial charge in [-0.15, -0.1) is 0 Å².